The van der Waals surface area contributed by atoms with E-state index in [0.29, 0.717) is 0 Å². The third-order valence-electron chi connectivity index (χ3n) is 2.61. The zero-order chi connectivity index (χ0) is 13.1. The molecule has 1 atom stereocenters. The van der Waals surface area contributed by atoms with E-state index < -0.39 is 10.0 Å². The summed E-state index contributed by atoms with van der Waals surface area (Å²) in [6.07, 6.45) is 0. The second-order valence-electron chi connectivity index (χ2n) is 4.54. The Hall–Kier alpha value is -0.390. The molecule has 5 heteroatoms. The Labute approximate surface area is 112 Å². The van der Waals surface area contributed by atoms with Gasteiger partial charge in [0.15, 0.2) is 0 Å². The van der Waals surface area contributed by atoms with Crippen molar-refractivity contribution in [2.24, 2.45) is 5.92 Å². The van der Waals surface area contributed by atoms with Gasteiger partial charge in [-0.15, -0.1) is 0 Å². The first-order chi connectivity index (χ1) is 7.80. The fraction of sp³-hybridized carbons (Fsp3) is 0.500. The van der Waals surface area contributed by atoms with Crippen molar-refractivity contribution < 1.29 is 8.42 Å². The summed E-state index contributed by atoms with van der Waals surface area (Å²) < 4.78 is 27.4. The first kappa shape index (κ1) is 14.7. The van der Waals surface area contributed by atoms with E-state index in [1.165, 1.54) is 0 Å². The van der Waals surface area contributed by atoms with Crippen LogP contribution in [0, 0.1) is 5.92 Å². The van der Waals surface area contributed by atoms with E-state index >= 15 is 0 Å². The molecule has 1 aromatic rings. The highest BCUT2D eigenvalue weighted by molar-refractivity contribution is 9.10. The summed E-state index contributed by atoms with van der Waals surface area (Å²) in [5.74, 6) is 0.302. The van der Waals surface area contributed by atoms with Crippen molar-refractivity contribution in [2.75, 3.05) is 0 Å². The summed E-state index contributed by atoms with van der Waals surface area (Å²) in [7, 11) is -3.27. The third kappa shape index (κ3) is 5.19. The van der Waals surface area contributed by atoms with E-state index in [2.05, 4.69) is 20.7 Å². The lowest BCUT2D eigenvalue weighted by molar-refractivity contribution is 0.476. The molecule has 0 aliphatic carbocycles. The van der Waals surface area contributed by atoms with Crippen molar-refractivity contribution in [3.8, 4) is 0 Å². The first-order valence-corrected chi connectivity index (χ1v) is 7.99. The zero-order valence-electron chi connectivity index (χ0n) is 10.3. The highest BCUT2D eigenvalue weighted by atomic mass is 79.9. The lowest BCUT2D eigenvalue weighted by Gasteiger charge is -2.17. The topological polar surface area (TPSA) is 46.2 Å². The van der Waals surface area contributed by atoms with Crippen molar-refractivity contribution in [3.05, 3.63) is 34.3 Å². The predicted molar refractivity (Wildman–Crippen MR) is 74.2 cm³/mol. The van der Waals surface area contributed by atoms with Gasteiger partial charge in [0.25, 0.3) is 0 Å². The van der Waals surface area contributed by atoms with Gasteiger partial charge in [0.2, 0.25) is 10.0 Å². The van der Waals surface area contributed by atoms with Crippen LogP contribution in [0.25, 0.3) is 0 Å². The second-order valence-corrected chi connectivity index (χ2v) is 7.21. The largest absolute Gasteiger partial charge is 0.216 e. The van der Waals surface area contributed by atoms with Gasteiger partial charge in [-0.25, -0.2) is 13.1 Å². The molecule has 0 amide bonds. The molecule has 0 saturated carbocycles. The second kappa shape index (κ2) is 5.98. The predicted octanol–water partition coefficient (Wildman–Crippen LogP) is 2.91. The summed E-state index contributed by atoms with van der Waals surface area (Å²) in [5.41, 5.74) is 0.780. The van der Waals surface area contributed by atoms with Crippen LogP contribution in [0.2, 0.25) is 0 Å². The Balaban J connectivity index is 2.73. The van der Waals surface area contributed by atoms with Crippen molar-refractivity contribution in [1.82, 2.24) is 4.72 Å². The van der Waals surface area contributed by atoms with E-state index in [0.717, 1.165) is 10.0 Å². The Morgan fingerprint density at radius 2 is 1.94 bits per heavy atom. The van der Waals surface area contributed by atoms with E-state index in [1.54, 1.807) is 0 Å². The van der Waals surface area contributed by atoms with E-state index in [9.17, 15) is 8.42 Å². The van der Waals surface area contributed by atoms with Gasteiger partial charge in [0, 0.05) is 10.5 Å². The molecule has 0 fully saturated rings. The normalized spacial score (nSPS) is 13.9. The van der Waals surface area contributed by atoms with Gasteiger partial charge < -0.3 is 0 Å². The molecular formula is C12H18BrNO2S. The molecule has 0 saturated heterocycles. The molecule has 0 aliphatic heterocycles. The van der Waals surface area contributed by atoms with Crippen LogP contribution >= 0.6 is 15.9 Å². The molecule has 1 aromatic carbocycles. The van der Waals surface area contributed by atoms with Crippen molar-refractivity contribution in [3.63, 3.8) is 0 Å². The van der Waals surface area contributed by atoms with Gasteiger partial charge in [-0.05, 0) is 30.5 Å². The van der Waals surface area contributed by atoms with Crippen LogP contribution in [0.15, 0.2) is 28.7 Å². The molecule has 0 bridgehead atoms. The smallest absolute Gasteiger partial charge is 0.212 e. The summed E-state index contributed by atoms with van der Waals surface area (Å²) >= 11 is 3.33. The lowest BCUT2D eigenvalue weighted by Crippen LogP contribution is -2.36. The molecular weight excluding hydrogens is 302 g/mol. The fourth-order valence-electron chi connectivity index (χ4n) is 1.31. The third-order valence-corrected chi connectivity index (χ3v) is 4.55. The molecule has 0 aromatic heterocycles. The Bertz CT molecular complexity index is 471. The SMILES string of the molecule is CC(C)[C@@H](C)NS(=O)(=O)Cc1cccc(Br)c1. The lowest BCUT2D eigenvalue weighted by atomic mass is 10.1. The fourth-order valence-corrected chi connectivity index (χ4v) is 3.29. The quantitative estimate of drug-likeness (QED) is 0.907. The maximum atomic E-state index is 11.9. The minimum atomic E-state index is -3.27. The zero-order valence-corrected chi connectivity index (χ0v) is 12.7. The van der Waals surface area contributed by atoms with E-state index in [-0.39, 0.29) is 17.7 Å². The molecule has 96 valence electrons. The molecule has 1 N–H and O–H groups in total. The molecule has 17 heavy (non-hydrogen) atoms. The van der Waals surface area contributed by atoms with Gasteiger partial charge in [0.1, 0.15) is 0 Å². The average Bonchev–Trinajstić information content (AvgIpc) is 2.15. The van der Waals surface area contributed by atoms with Crippen LogP contribution in [-0.2, 0) is 15.8 Å². The van der Waals surface area contributed by atoms with E-state index in [4.69, 9.17) is 0 Å². The van der Waals surface area contributed by atoms with Crippen molar-refractivity contribution >= 4 is 26.0 Å². The Morgan fingerprint density at radius 1 is 1.29 bits per heavy atom. The highest BCUT2D eigenvalue weighted by Gasteiger charge is 2.17. The Morgan fingerprint density at radius 3 is 2.47 bits per heavy atom. The number of benzene rings is 1. The molecule has 0 heterocycles. The van der Waals surface area contributed by atoms with Crippen LogP contribution in [-0.4, -0.2) is 14.5 Å². The number of halogens is 1. The van der Waals surface area contributed by atoms with Crippen LogP contribution in [0.1, 0.15) is 26.3 Å². The van der Waals surface area contributed by atoms with Gasteiger partial charge in [-0.3, -0.25) is 0 Å². The summed E-state index contributed by atoms with van der Waals surface area (Å²) in [4.78, 5) is 0. The highest BCUT2D eigenvalue weighted by Crippen LogP contribution is 2.14. The number of hydrogen-bond donors (Lipinski definition) is 1. The monoisotopic (exact) mass is 319 g/mol. The van der Waals surface area contributed by atoms with E-state index in [1.807, 2.05) is 45.0 Å². The minimum Gasteiger partial charge on any atom is -0.212 e. The maximum Gasteiger partial charge on any atom is 0.216 e. The van der Waals surface area contributed by atoms with Crippen LogP contribution in [0.3, 0.4) is 0 Å². The minimum absolute atomic E-state index is 0.0174. The molecule has 0 spiro atoms. The van der Waals surface area contributed by atoms with Crippen LogP contribution < -0.4 is 4.72 Å². The van der Waals surface area contributed by atoms with Crippen LogP contribution in [0.4, 0.5) is 0 Å². The van der Waals surface area contributed by atoms with Crippen molar-refractivity contribution in [1.29, 1.82) is 0 Å². The van der Waals surface area contributed by atoms with Gasteiger partial charge >= 0.3 is 0 Å². The number of sulfonamides is 1. The summed E-state index contributed by atoms with van der Waals surface area (Å²) in [6.45, 7) is 5.86. The molecule has 0 unspecified atom stereocenters. The Kier molecular flexibility index (Phi) is 5.16. The first-order valence-electron chi connectivity index (χ1n) is 5.54. The number of hydrogen-bond acceptors (Lipinski definition) is 2. The molecule has 1 rings (SSSR count). The molecule has 0 radical (unpaired) electrons. The summed E-state index contributed by atoms with van der Waals surface area (Å²) in [5, 5.41) is 0. The molecule has 0 aliphatic rings. The summed E-state index contributed by atoms with van der Waals surface area (Å²) in [6, 6.07) is 7.29. The average molecular weight is 320 g/mol. The van der Waals surface area contributed by atoms with Gasteiger partial charge in [0.05, 0.1) is 5.75 Å². The molecule has 3 nitrogen and oxygen atoms in total. The maximum absolute atomic E-state index is 11.9. The van der Waals surface area contributed by atoms with Crippen molar-refractivity contribution in [2.45, 2.75) is 32.6 Å². The van der Waals surface area contributed by atoms with Gasteiger partial charge in [-0.1, -0.05) is 41.9 Å². The number of nitrogens with one attached hydrogen (secondary N) is 1. The van der Waals surface area contributed by atoms with Crippen LogP contribution in [0.5, 0.6) is 0 Å². The standard InChI is InChI=1S/C12H18BrNO2S/c1-9(2)10(3)14-17(15,16)8-11-5-4-6-12(13)7-11/h4-7,9-10,14H,8H2,1-3H3/t10-/m1/s1. The number of rotatable bonds is 5. The van der Waals surface area contributed by atoms with Gasteiger partial charge in [-0.2, -0.15) is 0 Å².